The molecule has 0 aliphatic rings. The number of rotatable bonds is 1. The standard InChI is InChI=1S/C11H7IN2O/c1-7-8(5-13)6-14-11-9(7)3-2-4-10(11)15-12/h2-4,6H,1H3. The van der Waals surface area contributed by atoms with E-state index in [9.17, 15) is 0 Å². The van der Waals surface area contributed by atoms with Crippen LogP contribution in [0.1, 0.15) is 11.1 Å². The molecule has 2 aromatic rings. The lowest BCUT2D eigenvalue weighted by atomic mass is 10.1. The lowest BCUT2D eigenvalue weighted by Gasteiger charge is -2.05. The molecule has 2 rings (SSSR count). The lowest BCUT2D eigenvalue weighted by Crippen LogP contribution is -1.90. The van der Waals surface area contributed by atoms with Crippen LogP contribution >= 0.6 is 23.0 Å². The summed E-state index contributed by atoms with van der Waals surface area (Å²) in [5.41, 5.74) is 2.34. The summed E-state index contributed by atoms with van der Waals surface area (Å²) in [6.07, 6.45) is 1.58. The van der Waals surface area contributed by atoms with Crippen molar-refractivity contribution in [3.63, 3.8) is 0 Å². The van der Waals surface area contributed by atoms with E-state index in [4.69, 9.17) is 8.33 Å². The summed E-state index contributed by atoms with van der Waals surface area (Å²) in [7, 11) is 0. The minimum absolute atomic E-state index is 0.605. The van der Waals surface area contributed by atoms with E-state index in [1.165, 1.54) is 0 Å². The van der Waals surface area contributed by atoms with Crippen LogP contribution in [0.4, 0.5) is 0 Å². The zero-order chi connectivity index (χ0) is 10.8. The number of pyridine rings is 1. The van der Waals surface area contributed by atoms with Gasteiger partial charge >= 0.3 is 0 Å². The van der Waals surface area contributed by atoms with Gasteiger partial charge in [0.1, 0.15) is 11.6 Å². The number of halogens is 1. The molecule has 0 unspecified atom stereocenters. The second-order valence-electron chi connectivity index (χ2n) is 3.14. The first-order chi connectivity index (χ1) is 7.27. The molecule has 0 saturated heterocycles. The lowest BCUT2D eigenvalue weighted by molar-refractivity contribution is 0.723. The number of nitriles is 1. The molecule has 15 heavy (non-hydrogen) atoms. The third kappa shape index (κ3) is 1.63. The van der Waals surface area contributed by atoms with Gasteiger partial charge in [-0.2, -0.15) is 5.26 Å². The number of aryl methyl sites for hydroxylation is 1. The van der Waals surface area contributed by atoms with Gasteiger partial charge in [0.2, 0.25) is 0 Å². The quantitative estimate of drug-likeness (QED) is 0.760. The Bertz CT molecular complexity index is 560. The Morgan fingerprint density at radius 2 is 2.27 bits per heavy atom. The summed E-state index contributed by atoms with van der Waals surface area (Å²) in [4.78, 5) is 4.23. The normalized spacial score (nSPS) is 9.93. The molecule has 1 aromatic carbocycles. The number of hydrogen-bond donors (Lipinski definition) is 0. The smallest absolute Gasteiger partial charge is 0.192 e. The van der Waals surface area contributed by atoms with Gasteiger partial charge in [-0.05, 0) is 18.6 Å². The predicted molar refractivity (Wildman–Crippen MR) is 65.8 cm³/mol. The molecule has 0 amide bonds. The molecule has 0 saturated carbocycles. The van der Waals surface area contributed by atoms with Gasteiger partial charge in [0, 0.05) is 11.6 Å². The molecule has 0 atom stereocenters. The van der Waals surface area contributed by atoms with Gasteiger partial charge in [-0.15, -0.1) is 0 Å². The molecular weight excluding hydrogens is 303 g/mol. The topological polar surface area (TPSA) is 45.9 Å². The van der Waals surface area contributed by atoms with Crippen molar-refractivity contribution in [2.24, 2.45) is 0 Å². The van der Waals surface area contributed by atoms with Crippen LogP contribution in [0.5, 0.6) is 5.75 Å². The van der Waals surface area contributed by atoms with Crippen molar-refractivity contribution >= 4 is 33.9 Å². The van der Waals surface area contributed by atoms with Gasteiger partial charge in [-0.1, -0.05) is 12.1 Å². The highest BCUT2D eigenvalue weighted by molar-refractivity contribution is 14.1. The molecule has 0 fully saturated rings. The first kappa shape index (κ1) is 10.2. The van der Waals surface area contributed by atoms with Crippen molar-refractivity contribution in [1.29, 1.82) is 5.26 Å². The molecule has 0 aliphatic heterocycles. The highest BCUT2D eigenvalue weighted by Crippen LogP contribution is 2.28. The fraction of sp³-hybridized carbons (Fsp3) is 0.0909. The Labute approximate surface area is 101 Å². The monoisotopic (exact) mass is 310 g/mol. The predicted octanol–water partition coefficient (Wildman–Crippen LogP) is 3.14. The number of para-hydroxylation sites is 1. The van der Waals surface area contributed by atoms with Crippen LogP contribution in [0.25, 0.3) is 10.9 Å². The molecule has 1 aromatic heterocycles. The molecule has 0 N–H and O–H groups in total. The molecule has 1 heterocycles. The van der Waals surface area contributed by atoms with E-state index >= 15 is 0 Å². The van der Waals surface area contributed by atoms with Crippen LogP contribution in [-0.2, 0) is 0 Å². The molecular formula is C11H7IN2O. The average molecular weight is 310 g/mol. The minimum Gasteiger partial charge on any atom is -0.425 e. The fourth-order valence-electron chi connectivity index (χ4n) is 1.50. The second-order valence-corrected chi connectivity index (χ2v) is 3.58. The van der Waals surface area contributed by atoms with Crippen molar-refractivity contribution in [2.75, 3.05) is 0 Å². The van der Waals surface area contributed by atoms with E-state index < -0.39 is 0 Å². The minimum atomic E-state index is 0.605. The summed E-state index contributed by atoms with van der Waals surface area (Å²) in [6, 6.07) is 7.81. The molecule has 3 nitrogen and oxygen atoms in total. The Morgan fingerprint density at radius 1 is 1.47 bits per heavy atom. The maximum atomic E-state index is 8.88. The largest absolute Gasteiger partial charge is 0.425 e. The van der Waals surface area contributed by atoms with Gasteiger partial charge in [-0.3, -0.25) is 4.98 Å². The highest BCUT2D eigenvalue weighted by atomic mass is 127. The van der Waals surface area contributed by atoms with Crippen molar-refractivity contribution < 1.29 is 3.07 Å². The first-order valence-corrected chi connectivity index (χ1v) is 5.23. The third-order valence-electron chi connectivity index (χ3n) is 2.33. The van der Waals surface area contributed by atoms with Crippen LogP contribution in [-0.4, -0.2) is 4.98 Å². The van der Waals surface area contributed by atoms with Crippen molar-refractivity contribution in [3.05, 3.63) is 35.5 Å². The van der Waals surface area contributed by atoms with Crippen molar-refractivity contribution in [3.8, 4) is 11.8 Å². The summed E-state index contributed by atoms with van der Waals surface area (Å²) in [6.45, 7) is 1.92. The Balaban J connectivity index is 2.85. The zero-order valence-corrected chi connectivity index (χ0v) is 10.1. The van der Waals surface area contributed by atoms with Crippen LogP contribution in [0.2, 0.25) is 0 Å². The van der Waals surface area contributed by atoms with E-state index in [0.717, 1.165) is 22.2 Å². The van der Waals surface area contributed by atoms with Gasteiger partial charge in [0.05, 0.1) is 5.56 Å². The summed E-state index contributed by atoms with van der Waals surface area (Å²) in [5, 5.41) is 9.84. The van der Waals surface area contributed by atoms with E-state index in [0.29, 0.717) is 5.56 Å². The maximum absolute atomic E-state index is 8.88. The van der Waals surface area contributed by atoms with Gasteiger partial charge in [0.25, 0.3) is 0 Å². The first-order valence-electron chi connectivity index (χ1n) is 4.35. The average Bonchev–Trinajstić information content (AvgIpc) is 2.29. The van der Waals surface area contributed by atoms with Crippen LogP contribution < -0.4 is 3.07 Å². The zero-order valence-electron chi connectivity index (χ0n) is 7.99. The van der Waals surface area contributed by atoms with Crippen molar-refractivity contribution in [2.45, 2.75) is 6.92 Å². The van der Waals surface area contributed by atoms with E-state index in [1.807, 2.05) is 48.1 Å². The molecule has 4 heteroatoms. The fourth-order valence-corrected chi connectivity index (χ4v) is 1.86. The van der Waals surface area contributed by atoms with Crippen molar-refractivity contribution in [1.82, 2.24) is 4.98 Å². The Kier molecular flexibility index (Phi) is 2.73. The van der Waals surface area contributed by atoms with E-state index in [-0.39, 0.29) is 0 Å². The Hall–Kier alpha value is -1.35. The van der Waals surface area contributed by atoms with Crippen LogP contribution in [0.15, 0.2) is 24.4 Å². The van der Waals surface area contributed by atoms with Crippen LogP contribution in [0.3, 0.4) is 0 Å². The highest BCUT2D eigenvalue weighted by Gasteiger charge is 2.07. The number of aromatic nitrogens is 1. The van der Waals surface area contributed by atoms with Gasteiger partial charge in [0.15, 0.2) is 28.8 Å². The SMILES string of the molecule is Cc1c(C#N)cnc2c(OI)cccc12. The maximum Gasteiger partial charge on any atom is 0.192 e. The molecule has 74 valence electrons. The number of hydrogen-bond acceptors (Lipinski definition) is 3. The van der Waals surface area contributed by atoms with E-state index in [2.05, 4.69) is 11.1 Å². The van der Waals surface area contributed by atoms with Crippen LogP contribution in [0, 0.1) is 18.3 Å². The summed E-state index contributed by atoms with van der Waals surface area (Å²) in [5.74, 6) is 0.723. The van der Waals surface area contributed by atoms with Gasteiger partial charge in [-0.25, -0.2) is 0 Å². The van der Waals surface area contributed by atoms with E-state index in [1.54, 1.807) is 6.20 Å². The number of nitrogens with zero attached hydrogens (tertiary/aromatic N) is 2. The third-order valence-corrected chi connectivity index (χ3v) is 2.81. The Morgan fingerprint density at radius 3 is 2.93 bits per heavy atom. The molecule has 0 radical (unpaired) electrons. The number of benzene rings is 1. The van der Waals surface area contributed by atoms with Gasteiger partial charge < -0.3 is 3.07 Å². The molecule has 0 spiro atoms. The molecule has 0 bridgehead atoms. The second kappa shape index (κ2) is 4.03. The summed E-state index contributed by atoms with van der Waals surface area (Å²) >= 11 is 1.83. The summed E-state index contributed by atoms with van der Waals surface area (Å²) < 4.78 is 5.18. The number of fused-ring (bicyclic) bond motifs is 1. The molecule has 0 aliphatic carbocycles.